The van der Waals surface area contributed by atoms with E-state index >= 15 is 0 Å². The fourth-order valence-electron chi connectivity index (χ4n) is 3.07. The highest BCUT2D eigenvalue weighted by Gasteiger charge is 2.15. The summed E-state index contributed by atoms with van der Waals surface area (Å²) in [6.07, 6.45) is 0.189. The van der Waals surface area contributed by atoms with Gasteiger partial charge < -0.3 is 19.8 Å². The van der Waals surface area contributed by atoms with Crippen molar-refractivity contribution < 1.29 is 9.47 Å². The standard InChI is InChI=1S/C21H28N2O2/c1-14(2)22-12-16(25-15(3)4)13-24-20-11-7-10-19-21(20)17-8-5-6-9-18(17)23-19/h5-11,14-16,22-23H,12-13H2,1-4H3. The molecule has 0 aliphatic carbocycles. The summed E-state index contributed by atoms with van der Waals surface area (Å²) in [4.78, 5) is 3.45. The van der Waals surface area contributed by atoms with Crippen molar-refractivity contribution in [2.24, 2.45) is 0 Å². The summed E-state index contributed by atoms with van der Waals surface area (Å²) >= 11 is 0. The summed E-state index contributed by atoms with van der Waals surface area (Å²) in [6.45, 7) is 9.70. The van der Waals surface area contributed by atoms with Crippen LogP contribution in [0.3, 0.4) is 0 Å². The molecule has 0 aliphatic rings. The highest BCUT2D eigenvalue weighted by molar-refractivity contribution is 6.10. The lowest BCUT2D eigenvalue weighted by Crippen LogP contribution is -2.38. The Morgan fingerprint density at radius 2 is 1.72 bits per heavy atom. The van der Waals surface area contributed by atoms with E-state index in [4.69, 9.17) is 9.47 Å². The Hall–Kier alpha value is -2.04. The number of benzene rings is 2. The molecule has 1 atom stereocenters. The predicted molar refractivity (Wildman–Crippen MR) is 104 cm³/mol. The quantitative estimate of drug-likeness (QED) is 0.635. The minimum atomic E-state index is 0.0165. The van der Waals surface area contributed by atoms with Gasteiger partial charge in [0.25, 0.3) is 0 Å². The van der Waals surface area contributed by atoms with Crippen molar-refractivity contribution in [1.82, 2.24) is 10.3 Å². The van der Waals surface area contributed by atoms with Crippen LogP contribution in [-0.4, -0.2) is 36.4 Å². The van der Waals surface area contributed by atoms with Crippen LogP contribution in [-0.2, 0) is 4.74 Å². The number of hydrogen-bond acceptors (Lipinski definition) is 3. The Balaban J connectivity index is 1.81. The van der Waals surface area contributed by atoms with Crippen LogP contribution in [0.1, 0.15) is 27.7 Å². The van der Waals surface area contributed by atoms with Crippen molar-refractivity contribution >= 4 is 21.8 Å². The smallest absolute Gasteiger partial charge is 0.129 e. The molecule has 0 bridgehead atoms. The Morgan fingerprint density at radius 3 is 2.48 bits per heavy atom. The van der Waals surface area contributed by atoms with E-state index in [0.717, 1.165) is 28.7 Å². The number of H-pyrrole nitrogens is 1. The minimum absolute atomic E-state index is 0.0165. The highest BCUT2D eigenvalue weighted by atomic mass is 16.5. The topological polar surface area (TPSA) is 46.3 Å². The largest absolute Gasteiger partial charge is 0.490 e. The zero-order chi connectivity index (χ0) is 17.8. The third-order valence-corrected chi connectivity index (χ3v) is 4.14. The van der Waals surface area contributed by atoms with E-state index in [1.165, 1.54) is 5.39 Å². The van der Waals surface area contributed by atoms with Gasteiger partial charge in [0.15, 0.2) is 0 Å². The number of aromatic nitrogens is 1. The van der Waals surface area contributed by atoms with E-state index < -0.39 is 0 Å². The Labute approximate surface area is 149 Å². The van der Waals surface area contributed by atoms with Gasteiger partial charge in [-0.05, 0) is 32.0 Å². The Morgan fingerprint density at radius 1 is 0.960 bits per heavy atom. The lowest BCUT2D eigenvalue weighted by molar-refractivity contribution is -0.0166. The van der Waals surface area contributed by atoms with Crippen LogP contribution in [0, 0.1) is 0 Å². The number of ether oxygens (including phenoxy) is 2. The van der Waals surface area contributed by atoms with E-state index in [0.29, 0.717) is 12.6 Å². The van der Waals surface area contributed by atoms with Gasteiger partial charge in [0.1, 0.15) is 18.5 Å². The third kappa shape index (κ3) is 4.33. The van der Waals surface area contributed by atoms with E-state index in [-0.39, 0.29) is 12.2 Å². The van der Waals surface area contributed by atoms with Gasteiger partial charge in [-0.2, -0.15) is 0 Å². The molecule has 1 aromatic heterocycles. The number of para-hydroxylation sites is 1. The summed E-state index contributed by atoms with van der Waals surface area (Å²) in [5, 5.41) is 5.76. The maximum atomic E-state index is 6.20. The van der Waals surface area contributed by atoms with Gasteiger partial charge in [-0.25, -0.2) is 0 Å². The van der Waals surface area contributed by atoms with Crippen LogP contribution in [0.15, 0.2) is 42.5 Å². The summed E-state index contributed by atoms with van der Waals surface area (Å²) in [5.74, 6) is 0.900. The van der Waals surface area contributed by atoms with Crippen LogP contribution in [0.2, 0.25) is 0 Å². The van der Waals surface area contributed by atoms with Gasteiger partial charge in [0, 0.05) is 28.9 Å². The molecule has 3 rings (SSSR count). The van der Waals surface area contributed by atoms with Crippen molar-refractivity contribution in [3.8, 4) is 5.75 Å². The first-order valence-corrected chi connectivity index (χ1v) is 9.05. The minimum Gasteiger partial charge on any atom is -0.490 e. The number of hydrogen-bond donors (Lipinski definition) is 2. The first-order chi connectivity index (χ1) is 12.0. The molecule has 1 heterocycles. The van der Waals surface area contributed by atoms with Crippen LogP contribution in [0.5, 0.6) is 5.75 Å². The second kappa shape index (κ2) is 7.89. The van der Waals surface area contributed by atoms with Gasteiger partial charge >= 0.3 is 0 Å². The molecule has 25 heavy (non-hydrogen) atoms. The molecule has 2 aromatic carbocycles. The molecule has 0 radical (unpaired) electrons. The van der Waals surface area contributed by atoms with Gasteiger partial charge in [-0.15, -0.1) is 0 Å². The SMILES string of the molecule is CC(C)NCC(COc1cccc2[nH]c3ccccc3c12)OC(C)C. The first-order valence-electron chi connectivity index (χ1n) is 9.05. The van der Waals surface area contributed by atoms with Crippen LogP contribution < -0.4 is 10.1 Å². The molecular formula is C21H28N2O2. The Kier molecular flexibility index (Phi) is 5.61. The molecular weight excluding hydrogens is 312 g/mol. The molecule has 0 saturated heterocycles. The maximum Gasteiger partial charge on any atom is 0.129 e. The molecule has 4 nitrogen and oxygen atoms in total. The van der Waals surface area contributed by atoms with E-state index in [1.54, 1.807) is 0 Å². The molecule has 0 fully saturated rings. The van der Waals surface area contributed by atoms with Crippen molar-refractivity contribution in [2.75, 3.05) is 13.2 Å². The van der Waals surface area contributed by atoms with E-state index in [1.807, 2.05) is 18.2 Å². The summed E-state index contributed by atoms with van der Waals surface area (Å²) in [6, 6.07) is 14.9. The van der Waals surface area contributed by atoms with E-state index in [9.17, 15) is 0 Å². The molecule has 0 amide bonds. The second-order valence-electron chi connectivity index (χ2n) is 7.03. The van der Waals surface area contributed by atoms with E-state index in [2.05, 4.69) is 62.3 Å². The zero-order valence-corrected chi connectivity index (χ0v) is 15.5. The molecule has 3 aromatic rings. The van der Waals surface area contributed by atoms with Crippen molar-refractivity contribution in [3.05, 3.63) is 42.5 Å². The van der Waals surface area contributed by atoms with Crippen molar-refractivity contribution in [3.63, 3.8) is 0 Å². The monoisotopic (exact) mass is 340 g/mol. The number of rotatable bonds is 8. The highest BCUT2D eigenvalue weighted by Crippen LogP contribution is 2.33. The predicted octanol–water partition coefficient (Wildman–Crippen LogP) is 4.49. The average Bonchev–Trinajstić information content (AvgIpc) is 2.96. The molecule has 0 aliphatic heterocycles. The second-order valence-corrected chi connectivity index (χ2v) is 7.03. The van der Waals surface area contributed by atoms with Gasteiger partial charge in [-0.1, -0.05) is 38.1 Å². The van der Waals surface area contributed by atoms with Crippen LogP contribution in [0.4, 0.5) is 0 Å². The van der Waals surface area contributed by atoms with Crippen LogP contribution in [0.25, 0.3) is 21.8 Å². The number of nitrogens with one attached hydrogen (secondary N) is 2. The first kappa shape index (κ1) is 17.8. The van der Waals surface area contributed by atoms with Gasteiger partial charge in [-0.3, -0.25) is 0 Å². The maximum absolute atomic E-state index is 6.20. The fraction of sp³-hybridized carbons (Fsp3) is 0.429. The molecule has 4 heteroatoms. The molecule has 2 N–H and O–H groups in total. The average molecular weight is 340 g/mol. The molecule has 0 saturated carbocycles. The Bertz CT molecular complexity index is 823. The van der Waals surface area contributed by atoms with Gasteiger partial charge in [0.2, 0.25) is 0 Å². The van der Waals surface area contributed by atoms with Gasteiger partial charge in [0.05, 0.1) is 11.6 Å². The normalized spacial score (nSPS) is 13.2. The summed E-state index contributed by atoms with van der Waals surface area (Å²) in [5.41, 5.74) is 2.23. The summed E-state index contributed by atoms with van der Waals surface area (Å²) in [7, 11) is 0. The number of fused-ring (bicyclic) bond motifs is 3. The van der Waals surface area contributed by atoms with Crippen molar-refractivity contribution in [2.45, 2.75) is 45.9 Å². The van der Waals surface area contributed by atoms with Crippen molar-refractivity contribution in [1.29, 1.82) is 0 Å². The zero-order valence-electron chi connectivity index (χ0n) is 15.5. The lowest BCUT2D eigenvalue weighted by atomic mass is 10.1. The third-order valence-electron chi connectivity index (χ3n) is 4.14. The molecule has 134 valence electrons. The van der Waals surface area contributed by atoms with Crippen LogP contribution >= 0.6 is 0 Å². The lowest BCUT2D eigenvalue weighted by Gasteiger charge is -2.22. The molecule has 1 unspecified atom stereocenters. The number of aromatic amines is 1. The fourth-order valence-corrected chi connectivity index (χ4v) is 3.07. The molecule has 0 spiro atoms. The summed E-state index contributed by atoms with van der Waals surface area (Å²) < 4.78 is 12.2.